The lowest BCUT2D eigenvalue weighted by Gasteiger charge is -2.08. The number of benzene rings is 1. The van der Waals surface area contributed by atoms with Crippen LogP contribution in [0, 0.1) is 12.7 Å². The average Bonchev–Trinajstić information content (AvgIpc) is 2.25. The Bertz CT molecular complexity index is 376. The molecule has 1 nitrogen and oxygen atoms in total. The van der Waals surface area contributed by atoms with E-state index in [4.69, 9.17) is 0 Å². The van der Waals surface area contributed by atoms with Crippen molar-refractivity contribution in [1.29, 1.82) is 0 Å². The minimum Gasteiger partial charge on any atom is -0.293 e. The van der Waals surface area contributed by atoms with Gasteiger partial charge in [0.1, 0.15) is 5.82 Å². The number of carbonyl (C=O) groups excluding carboxylic acids is 1. The zero-order chi connectivity index (χ0) is 12.1. The highest BCUT2D eigenvalue weighted by molar-refractivity contribution is 8.00. The Labute approximate surface area is 100 Å². The normalized spacial score (nSPS) is 12.5. The van der Waals surface area contributed by atoms with E-state index in [0.717, 1.165) is 12.0 Å². The Morgan fingerprint density at radius 2 is 2.19 bits per heavy atom. The lowest BCUT2D eigenvalue weighted by atomic mass is 10.1. The molecule has 3 heteroatoms. The molecule has 1 atom stereocenters. The van der Waals surface area contributed by atoms with Gasteiger partial charge >= 0.3 is 0 Å². The van der Waals surface area contributed by atoms with Crippen LogP contribution >= 0.6 is 11.8 Å². The molecule has 16 heavy (non-hydrogen) atoms. The van der Waals surface area contributed by atoms with Crippen molar-refractivity contribution in [1.82, 2.24) is 0 Å². The second kappa shape index (κ2) is 6.04. The van der Waals surface area contributed by atoms with Crippen molar-refractivity contribution in [3.05, 3.63) is 35.1 Å². The summed E-state index contributed by atoms with van der Waals surface area (Å²) in [5.74, 6) is 0.271. The van der Waals surface area contributed by atoms with Crippen LogP contribution in [0.4, 0.5) is 4.39 Å². The number of aryl methyl sites for hydroxylation is 1. The maximum atomic E-state index is 12.9. The second-order valence-electron chi connectivity index (χ2n) is 3.91. The van der Waals surface area contributed by atoms with Gasteiger partial charge in [0.15, 0.2) is 5.78 Å². The molecule has 1 aromatic rings. The summed E-state index contributed by atoms with van der Waals surface area (Å²) >= 11 is 1.65. The number of ketones is 1. The third-order valence-electron chi connectivity index (χ3n) is 2.56. The van der Waals surface area contributed by atoms with Gasteiger partial charge in [-0.3, -0.25) is 4.79 Å². The molecule has 0 fully saturated rings. The predicted octanol–water partition coefficient (Wildman–Crippen LogP) is 3.85. The van der Waals surface area contributed by atoms with Crippen molar-refractivity contribution in [2.24, 2.45) is 0 Å². The van der Waals surface area contributed by atoms with E-state index in [1.807, 2.05) is 0 Å². The molecule has 0 spiro atoms. The fourth-order valence-electron chi connectivity index (χ4n) is 1.35. The SMILES string of the molecule is CCC(C)SCC(=O)c1ccc(F)cc1C. The van der Waals surface area contributed by atoms with E-state index in [9.17, 15) is 9.18 Å². The van der Waals surface area contributed by atoms with Gasteiger partial charge in [-0.25, -0.2) is 4.39 Å². The average molecular weight is 240 g/mol. The first kappa shape index (κ1) is 13.2. The molecule has 0 aliphatic carbocycles. The standard InChI is InChI=1S/C13H17FOS/c1-4-10(3)16-8-13(15)12-6-5-11(14)7-9(12)2/h5-7,10H,4,8H2,1-3H3. The van der Waals surface area contributed by atoms with Crippen LogP contribution in [0.3, 0.4) is 0 Å². The van der Waals surface area contributed by atoms with Crippen LogP contribution in [-0.2, 0) is 0 Å². The first-order valence-electron chi connectivity index (χ1n) is 5.45. The largest absolute Gasteiger partial charge is 0.293 e. The lowest BCUT2D eigenvalue weighted by molar-refractivity contribution is 0.102. The van der Waals surface area contributed by atoms with E-state index in [2.05, 4.69) is 13.8 Å². The van der Waals surface area contributed by atoms with Gasteiger partial charge in [-0.05, 0) is 37.1 Å². The fraction of sp³-hybridized carbons (Fsp3) is 0.462. The van der Waals surface area contributed by atoms with Gasteiger partial charge in [0.05, 0.1) is 5.75 Å². The first-order chi connectivity index (χ1) is 7.54. The van der Waals surface area contributed by atoms with Crippen LogP contribution in [0.15, 0.2) is 18.2 Å². The van der Waals surface area contributed by atoms with Crippen LogP contribution in [0.2, 0.25) is 0 Å². The number of hydrogen-bond acceptors (Lipinski definition) is 2. The predicted molar refractivity (Wildman–Crippen MR) is 67.7 cm³/mol. The summed E-state index contributed by atoms with van der Waals surface area (Å²) in [7, 11) is 0. The molecule has 0 heterocycles. The van der Waals surface area contributed by atoms with Crippen molar-refractivity contribution in [3.8, 4) is 0 Å². The third kappa shape index (κ3) is 3.63. The number of rotatable bonds is 5. The fourth-order valence-corrected chi connectivity index (χ4v) is 2.18. The van der Waals surface area contributed by atoms with Gasteiger partial charge in [0.25, 0.3) is 0 Å². The van der Waals surface area contributed by atoms with Crippen molar-refractivity contribution in [2.75, 3.05) is 5.75 Å². The van der Waals surface area contributed by atoms with E-state index in [1.165, 1.54) is 12.1 Å². The number of thioether (sulfide) groups is 1. The molecular formula is C13H17FOS. The Morgan fingerprint density at radius 1 is 1.50 bits per heavy atom. The summed E-state index contributed by atoms with van der Waals surface area (Å²) in [4.78, 5) is 11.9. The molecule has 88 valence electrons. The summed E-state index contributed by atoms with van der Waals surface area (Å²) in [6, 6.07) is 4.32. The molecular weight excluding hydrogens is 223 g/mol. The van der Waals surface area contributed by atoms with Crippen LogP contribution in [0.25, 0.3) is 0 Å². The molecule has 0 saturated carbocycles. The Balaban J connectivity index is 2.66. The summed E-state index contributed by atoms with van der Waals surface area (Å²) in [5, 5.41) is 0.490. The highest BCUT2D eigenvalue weighted by Crippen LogP contribution is 2.17. The maximum Gasteiger partial charge on any atom is 0.172 e. The van der Waals surface area contributed by atoms with Gasteiger partial charge in [0.2, 0.25) is 0 Å². The molecule has 0 amide bonds. The molecule has 0 bridgehead atoms. The van der Waals surface area contributed by atoms with Crippen molar-refractivity contribution in [2.45, 2.75) is 32.4 Å². The number of Topliss-reactive ketones (excluding diaryl/α,β-unsaturated/α-hetero) is 1. The van der Waals surface area contributed by atoms with Crippen molar-refractivity contribution in [3.63, 3.8) is 0 Å². The van der Waals surface area contributed by atoms with Gasteiger partial charge < -0.3 is 0 Å². The minimum absolute atomic E-state index is 0.0859. The van der Waals surface area contributed by atoms with Crippen LogP contribution < -0.4 is 0 Å². The van der Waals surface area contributed by atoms with Gasteiger partial charge in [0, 0.05) is 10.8 Å². The molecule has 0 N–H and O–H groups in total. The monoisotopic (exact) mass is 240 g/mol. The first-order valence-corrected chi connectivity index (χ1v) is 6.50. The zero-order valence-electron chi connectivity index (χ0n) is 9.92. The van der Waals surface area contributed by atoms with Gasteiger partial charge in [-0.2, -0.15) is 11.8 Å². The summed E-state index contributed by atoms with van der Waals surface area (Å²) < 4.78 is 12.9. The highest BCUT2D eigenvalue weighted by Gasteiger charge is 2.11. The van der Waals surface area contributed by atoms with E-state index < -0.39 is 0 Å². The lowest BCUT2D eigenvalue weighted by Crippen LogP contribution is -2.08. The van der Waals surface area contributed by atoms with E-state index in [0.29, 0.717) is 16.6 Å². The molecule has 0 aromatic heterocycles. The quantitative estimate of drug-likeness (QED) is 0.727. The summed E-state index contributed by atoms with van der Waals surface area (Å²) in [5.41, 5.74) is 1.35. The maximum absolute atomic E-state index is 12.9. The van der Waals surface area contributed by atoms with E-state index in [-0.39, 0.29) is 11.6 Å². The summed E-state index contributed by atoms with van der Waals surface area (Å²) in [6.07, 6.45) is 1.06. The number of hydrogen-bond donors (Lipinski definition) is 0. The van der Waals surface area contributed by atoms with Crippen molar-refractivity contribution >= 4 is 17.5 Å². The number of carbonyl (C=O) groups is 1. The Hall–Kier alpha value is -0.830. The van der Waals surface area contributed by atoms with Gasteiger partial charge in [-0.15, -0.1) is 0 Å². The molecule has 0 aliphatic rings. The van der Waals surface area contributed by atoms with Crippen LogP contribution in [0.5, 0.6) is 0 Å². The topological polar surface area (TPSA) is 17.1 Å². The molecule has 0 aliphatic heterocycles. The van der Waals surface area contributed by atoms with E-state index >= 15 is 0 Å². The summed E-state index contributed by atoms with van der Waals surface area (Å²) in [6.45, 7) is 5.98. The highest BCUT2D eigenvalue weighted by atomic mass is 32.2. The van der Waals surface area contributed by atoms with Crippen LogP contribution in [0.1, 0.15) is 36.2 Å². The van der Waals surface area contributed by atoms with Gasteiger partial charge in [-0.1, -0.05) is 13.8 Å². The Kier molecular flexibility index (Phi) is 5.00. The molecule has 1 aromatic carbocycles. The van der Waals surface area contributed by atoms with Crippen molar-refractivity contribution < 1.29 is 9.18 Å². The minimum atomic E-state index is -0.288. The molecule has 0 saturated heterocycles. The Morgan fingerprint density at radius 3 is 2.75 bits per heavy atom. The molecule has 1 unspecified atom stereocenters. The van der Waals surface area contributed by atoms with E-state index in [1.54, 1.807) is 24.8 Å². The zero-order valence-corrected chi connectivity index (χ0v) is 10.7. The molecule has 0 radical (unpaired) electrons. The molecule has 1 rings (SSSR count). The number of halogens is 1. The third-order valence-corrected chi connectivity index (χ3v) is 3.89. The smallest absolute Gasteiger partial charge is 0.172 e. The van der Waals surface area contributed by atoms with Crippen LogP contribution in [-0.4, -0.2) is 16.8 Å². The second-order valence-corrected chi connectivity index (χ2v) is 5.34.